The van der Waals surface area contributed by atoms with Crippen molar-refractivity contribution in [2.75, 3.05) is 4.72 Å². The lowest BCUT2D eigenvalue weighted by Crippen LogP contribution is -2.53. The Bertz CT molecular complexity index is 703. The second-order valence-corrected chi connectivity index (χ2v) is 6.68. The molecular formula is C13H14F6N2O3S. The highest BCUT2D eigenvalue weighted by Gasteiger charge is 2.53. The highest BCUT2D eigenvalue weighted by atomic mass is 32.2. The highest BCUT2D eigenvalue weighted by molar-refractivity contribution is 7.91. The van der Waals surface area contributed by atoms with Crippen molar-refractivity contribution in [1.82, 2.24) is 4.31 Å². The van der Waals surface area contributed by atoms with Gasteiger partial charge in [-0.3, -0.25) is 9.52 Å². The molecule has 1 aromatic rings. The fraction of sp³-hybridized carbons (Fsp3) is 0.462. The molecule has 5 nitrogen and oxygen atoms in total. The van der Waals surface area contributed by atoms with Crippen molar-refractivity contribution >= 4 is 21.8 Å². The van der Waals surface area contributed by atoms with Crippen LogP contribution in [-0.4, -0.2) is 31.1 Å². The van der Waals surface area contributed by atoms with Gasteiger partial charge in [0.05, 0.1) is 11.6 Å². The van der Waals surface area contributed by atoms with E-state index in [0.29, 0.717) is 13.8 Å². The zero-order valence-corrected chi connectivity index (χ0v) is 13.7. The van der Waals surface area contributed by atoms with Gasteiger partial charge in [-0.05, 0) is 12.1 Å². The number of amides is 1. The number of benzene rings is 1. The monoisotopic (exact) mass is 392 g/mol. The summed E-state index contributed by atoms with van der Waals surface area (Å²) in [7, 11) is -5.51. The van der Waals surface area contributed by atoms with Crippen molar-refractivity contribution in [1.29, 1.82) is 0 Å². The third-order valence-corrected chi connectivity index (χ3v) is 4.71. The number of para-hydroxylation sites is 1. The third kappa shape index (κ3) is 5.25. The third-order valence-electron chi connectivity index (χ3n) is 3.35. The van der Waals surface area contributed by atoms with Gasteiger partial charge in [-0.1, -0.05) is 32.0 Å². The minimum absolute atomic E-state index is 0.291. The molecule has 12 heteroatoms. The quantitative estimate of drug-likeness (QED) is 0.616. The molecular weight excluding hydrogens is 378 g/mol. The van der Waals surface area contributed by atoms with E-state index in [1.54, 1.807) is 0 Å². The van der Waals surface area contributed by atoms with Crippen LogP contribution in [0.15, 0.2) is 30.3 Å². The number of halogens is 6. The van der Waals surface area contributed by atoms with Crippen molar-refractivity contribution < 1.29 is 39.6 Å². The van der Waals surface area contributed by atoms with Gasteiger partial charge < -0.3 is 0 Å². The minimum Gasteiger partial charge on any atom is -0.273 e. The van der Waals surface area contributed by atoms with Crippen molar-refractivity contribution in [2.45, 2.75) is 26.3 Å². The molecule has 0 aliphatic heterocycles. The first kappa shape index (κ1) is 21.1. The molecule has 2 atom stereocenters. The molecule has 0 fully saturated rings. The van der Waals surface area contributed by atoms with Crippen molar-refractivity contribution in [3.05, 3.63) is 30.3 Å². The Morgan fingerprint density at radius 2 is 1.52 bits per heavy atom. The molecule has 0 radical (unpaired) electrons. The number of anilines is 1. The molecule has 0 heterocycles. The maximum absolute atomic E-state index is 13.1. The van der Waals surface area contributed by atoms with Crippen LogP contribution in [-0.2, 0) is 15.0 Å². The van der Waals surface area contributed by atoms with Crippen molar-refractivity contribution in [3.63, 3.8) is 0 Å². The lowest BCUT2D eigenvalue weighted by atomic mass is 9.95. The van der Waals surface area contributed by atoms with E-state index in [9.17, 15) is 39.6 Å². The first-order chi connectivity index (χ1) is 11.2. The number of rotatable bonds is 5. The van der Waals surface area contributed by atoms with Gasteiger partial charge in [0.15, 0.2) is 0 Å². The van der Waals surface area contributed by atoms with Crippen LogP contribution in [0.1, 0.15) is 13.8 Å². The Morgan fingerprint density at radius 1 is 1.04 bits per heavy atom. The van der Waals surface area contributed by atoms with E-state index in [4.69, 9.17) is 0 Å². The van der Waals surface area contributed by atoms with Crippen LogP contribution < -0.4 is 4.72 Å². The van der Waals surface area contributed by atoms with E-state index in [1.165, 1.54) is 22.9 Å². The lowest BCUT2D eigenvalue weighted by Gasteiger charge is -2.29. The standard InChI is InChI=1S/C13H14F6N2O3S/c1-8(9(2)12(14,15)16)11(22)21(13(17,18)19)25(23,24)20-10-6-4-3-5-7-10/h3-9,20H,1-2H3. The first-order valence-electron chi connectivity index (χ1n) is 6.73. The molecule has 142 valence electrons. The first-order valence-corrected chi connectivity index (χ1v) is 8.17. The number of hydrogen-bond acceptors (Lipinski definition) is 3. The topological polar surface area (TPSA) is 66.5 Å². The molecule has 0 bridgehead atoms. The number of hydrogen-bond donors (Lipinski definition) is 1. The van der Waals surface area contributed by atoms with Gasteiger partial charge in [-0.15, -0.1) is 17.5 Å². The predicted molar refractivity (Wildman–Crippen MR) is 76.3 cm³/mol. The molecule has 2 unspecified atom stereocenters. The van der Waals surface area contributed by atoms with Gasteiger partial charge >= 0.3 is 22.7 Å². The Balaban J connectivity index is 3.23. The van der Waals surface area contributed by atoms with Gasteiger partial charge in [0.2, 0.25) is 5.91 Å². The van der Waals surface area contributed by atoms with E-state index < -0.39 is 44.7 Å². The summed E-state index contributed by atoms with van der Waals surface area (Å²) in [5.74, 6) is -6.98. The number of carbonyl (C=O) groups is 1. The molecule has 1 rings (SSSR count). The van der Waals surface area contributed by atoms with Crippen LogP contribution >= 0.6 is 0 Å². The summed E-state index contributed by atoms with van der Waals surface area (Å²) in [6.07, 6.45) is -10.7. The molecule has 0 saturated heterocycles. The SMILES string of the molecule is CC(C(=O)N(C(F)(F)F)S(=O)(=O)Nc1ccccc1)C(C)C(F)(F)F. The van der Waals surface area contributed by atoms with Crippen molar-refractivity contribution in [2.24, 2.45) is 11.8 Å². The largest absolute Gasteiger partial charge is 0.502 e. The number of alkyl halides is 6. The lowest BCUT2D eigenvalue weighted by molar-refractivity contribution is -0.222. The molecule has 25 heavy (non-hydrogen) atoms. The maximum Gasteiger partial charge on any atom is 0.502 e. The second kappa shape index (κ2) is 7.10. The molecule has 1 aromatic carbocycles. The minimum atomic E-state index is -5.74. The second-order valence-electron chi connectivity index (χ2n) is 5.16. The van der Waals surface area contributed by atoms with Crippen LogP contribution in [0.25, 0.3) is 0 Å². The van der Waals surface area contributed by atoms with Crippen LogP contribution in [0.4, 0.5) is 32.0 Å². The zero-order chi connectivity index (χ0) is 19.6. The molecule has 0 aliphatic rings. The summed E-state index contributed by atoms with van der Waals surface area (Å²) in [6.45, 7) is 1.08. The Hall–Kier alpha value is -1.98. The van der Waals surface area contributed by atoms with Crippen LogP contribution in [0.3, 0.4) is 0 Å². The summed E-state index contributed by atoms with van der Waals surface area (Å²) in [5, 5.41) is 0. The highest BCUT2D eigenvalue weighted by Crippen LogP contribution is 2.35. The fourth-order valence-electron chi connectivity index (χ4n) is 1.76. The Morgan fingerprint density at radius 3 is 1.92 bits per heavy atom. The van der Waals surface area contributed by atoms with Crippen LogP contribution in [0.5, 0.6) is 0 Å². The summed E-state index contributed by atoms with van der Waals surface area (Å²) >= 11 is 0. The smallest absolute Gasteiger partial charge is 0.273 e. The average Bonchev–Trinajstić information content (AvgIpc) is 2.43. The van der Waals surface area contributed by atoms with Gasteiger partial charge in [-0.2, -0.15) is 21.6 Å². The number of nitrogens with one attached hydrogen (secondary N) is 1. The molecule has 1 amide bonds. The summed E-state index contributed by atoms with van der Waals surface area (Å²) in [6, 6.07) is 6.30. The fourth-order valence-corrected chi connectivity index (χ4v) is 2.96. The van der Waals surface area contributed by atoms with Crippen molar-refractivity contribution in [3.8, 4) is 0 Å². The van der Waals surface area contributed by atoms with Gasteiger partial charge in [0.1, 0.15) is 0 Å². The van der Waals surface area contributed by atoms with E-state index in [2.05, 4.69) is 0 Å². The Labute approximate surface area is 139 Å². The number of nitrogens with zero attached hydrogens (tertiary/aromatic N) is 1. The summed E-state index contributed by atoms with van der Waals surface area (Å²) < 4.78 is 101. The van der Waals surface area contributed by atoms with Gasteiger partial charge in [-0.25, -0.2) is 0 Å². The number of carbonyl (C=O) groups excluding carboxylic acids is 1. The molecule has 0 aromatic heterocycles. The molecule has 0 saturated carbocycles. The van der Waals surface area contributed by atoms with Gasteiger partial charge in [0.25, 0.3) is 0 Å². The van der Waals surface area contributed by atoms with E-state index >= 15 is 0 Å². The maximum atomic E-state index is 13.1. The summed E-state index contributed by atoms with van der Waals surface area (Å²) in [4.78, 5) is 11.9. The molecule has 0 aliphatic carbocycles. The normalized spacial score (nSPS) is 15.4. The predicted octanol–water partition coefficient (Wildman–Crippen LogP) is 3.53. The average molecular weight is 392 g/mol. The van der Waals surface area contributed by atoms with E-state index in [-0.39, 0.29) is 5.69 Å². The molecule has 0 spiro atoms. The van der Waals surface area contributed by atoms with E-state index in [0.717, 1.165) is 12.1 Å². The van der Waals surface area contributed by atoms with E-state index in [1.807, 2.05) is 0 Å². The zero-order valence-electron chi connectivity index (χ0n) is 12.9. The van der Waals surface area contributed by atoms with Crippen LogP contribution in [0.2, 0.25) is 0 Å². The molecule has 1 N–H and O–H groups in total. The Kier molecular flexibility index (Phi) is 5.98. The van der Waals surface area contributed by atoms with Gasteiger partial charge in [0, 0.05) is 5.92 Å². The van der Waals surface area contributed by atoms with Crippen LogP contribution in [0, 0.1) is 11.8 Å². The summed E-state index contributed by atoms with van der Waals surface area (Å²) in [5.41, 5.74) is -0.291.